The number of pyridine rings is 1. The SMILES string of the molecule is N#Cc1ccc(NCCCS(N)(=O)=O)nc1. The molecule has 0 unspecified atom stereocenters. The topological polar surface area (TPSA) is 109 Å². The van der Waals surface area contributed by atoms with Crippen LogP contribution in [-0.4, -0.2) is 25.7 Å². The molecule has 0 aromatic carbocycles. The van der Waals surface area contributed by atoms with Crippen LogP contribution in [0.1, 0.15) is 12.0 Å². The standard InChI is InChI=1S/C9H12N4O2S/c10-6-8-2-3-9(13-7-8)12-4-1-5-16(11,14)15/h2-3,7H,1,4-5H2,(H,12,13)(H2,11,14,15). The molecular weight excluding hydrogens is 228 g/mol. The Labute approximate surface area is 94.2 Å². The van der Waals surface area contributed by atoms with E-state index < -0.39 is 10.0 Å². The number of anilines is 1. The van der Waals surface area contributed by atoms with Crippen molar-refractivity contribution in [3.63, 3.8) is 0 Å². The van der Waals surface area contributed by atoms with Crippen LogP contribution in [0.3, 0.4) is 0 Å². The number of nitrogens with zero attached hydrogens (tertiary/aromatic N) is 2. The van der Waals surface area contributed by atoms with Crippen LogP contribution in [0.5, 0.6) is 0 Å². The van der Waals surface area contributed by atoms with Crippen LogP contribution in [0.25, 0.3) is 0 Å². The number of hydrogen-bond donors (Lipinski definition) is 2. The highest BCUT2D eigenvalue weighted by molar-refractivity contribution is 7.89. The fraction of sp³-hybridized carbons (Fsp3) is 0.333. The minimum atomic E-state index is -3.39. The maximum Gasteiger partial charge on any atom is 0.209 e. The minimum Gasteiger partial charge on any atom is -0.370 e. The molecule has 1 aromatic rings. The van der Waals surface area contributed by atoms with Gasteiger partial charge in [0.25, 0.3) is 0 Å². The van der Waals surface area contributed by atoms with Crippen molar-refractivity contribution >= 4 is 15.8 Å². The highest BCUT2D eigenvalue weighted by Gasteiger charge is 2.01. The zero-order chi connectivity index (χ0) is 12.0. The van der Waals surface area contributed by atoms with Gasteiger partial charge in [0.1, 0.15) is 11.9 Å². The van der Waals surface area contributed by atoms with Gasteiger partial charge in [0.15, 0.2) is 0 Å². The average molecular weight is 240 g/mol. The Morgan fingerprint density at radius 1 is 1.50 bits per heavy atom. The van der Waals surface area contributed by atoms with E-state index in [9.17, 15) is 8.42 Å². The quantitative estimate of drug-likeness (QED) is 0.706. The van der Waals surface area contributed by atoms with Crippen LogP contribution in [0.15, 0.2) is 18.3 Å². The summed E-state index contributed by atoms with van der Waals surface area (Å²) in [7, 11) is -3.39. The lowest BCUT2D eigenvalue weighted by molar-refractivity contribution is 0.595. The molecule has 7 heteroatoms. The van der Waals surface area contributed by atoms with Gasteiger partial charge in [-0.1, -0.05) is 0 Å². The summed E-state index contributed by atoms with van der Waals surface area (Å²) in [6.45, 7) is 0.468. The molecule has 86 valence electrons. The average Bonchev–Trinajstić information content (AvgIpc) is 2.24. The number of aromatic nitrogens is 1. The van der Waals surface area contributed by atoms with Crippen LogP contribution in [0, 0.1) is 11.3 Å². The van der Waals surface area contributed by atoms with E-state index >= 15 is 0 Å². The molecule has 6 nitrogen and oxygen atoms in total. The van der Waals surface area contributed by atoms with E-state index in [1.54, 1.807) is 12.1 Å². The fourth-order valence-corrected chi connectivity index (χ4v) is 1.60. The molecule has 3 N–H and O–H groups in total. The molecule has 0 aliphatic carbocycles. The van der Waals surface area contributed by atoms with Gasteiger partial charge in [-0.05, 0) is 18.6 Å². The summed E-state index contributed by atoms with van der Waals surface area (Å²) in [5, 5.41) is 16.3. The molecular formula is C9H12N4O2S. The number of nitrogens with one attached hydrogen (secondary N) is 1. The number of hydrogen-bond acceptors (Lipinski definition) is 5. The zero-order valence-corrected chi connectivity index (χ0v) is 9.37. The van der Waals surface area contributed by atoms with E-state index in [1.807, 2.05) is 6.07 Å². The third kappa shape index (κ3) is 4.72. The van der Waals surface area contributed by atoms with Gasteiger partial charge >= 0.3 is 0 Å². The first kappa shape index (κ1) is 12.4. The molecule has 0 amide bonds. The lowest BCUT2D eigenvalue weighted by atomic mass is 10.3. The van der Waals surface area contributed by atoms with Crippen LogP contribution in [-0.2, 0) is 10.0 Å². The highest BCUT2D eigenvalue weighted by Crippen LogP contribution is 2.03. The van der Waals surface area contributed by atoms with Crippen molar-refractivity contribution in [2.24, 2.45) is 5.14 Å². The fourth-order valence-electron chi connectivity index (χ4n) is 1.05. The van der Waals surface area contributed by atoms with E-state index in [2.05, 4.69) is 10.3 Å². The zero-order valence-electron chi connectivity index (χ0n) is 8.55. The normalized spacial score (nSPS) is 10.8. The number of rotatable bonds is 5. The highest BCUT2D eigenvalue weighted by atomic mass is 32.2. The van der Waals surface area contributed by atoms with Crippen molar-refractivity contribution in [2.45, 2.75) is 6.42 Å². The van der Waals surface area contributed by atoms with Gasteiger partial charge in [0, 0.05) is 12.7 Å². The van der Waals surface area contributed by atoms with E-state index in [1.165, 1.54) is 6.20 Å². The lowest BCUT2D eigenvalue weighted by Crippen LogP contribution is -2.18. The maximum absolute atomic E-state index is 10.6. The molecule has 1 rings (SSSR count). The molecule has 1 heterocycles. The molecule has 0 saturated carbocycles. The molecule has 0 fully saturated rings. The van der Waals surface area contributed by atoms with E-state index in [0.29, 0.717) is 24.3 Å². The van der Waals surface area contributed by atoms with Crippen LogP contribution < -0.4 is 10.5 Å². The molecule has 0 spiro atoms. The van der Waals surface area contributed by atoms with E-state index in [4.69, 9.17) is 10.4 Å². The van der Waals surface area contributed by atoms with Crippen molar-refractivity contribution in [1.82, 2.24) is 4.98 Å². The summed E-state index contributed by atoms with van der Waals surface area (Å²) in [5.41, 5.74) is 0.482. The van der Waals surface area contributed by atoms with E-state index in [0.717, 1.165) is 0 Å². The first-order chi connectivity index (χ1) is 7.51. The second-order valence-corrected chi connectivity index (χ2v) is 4.93. The second kappa shape index (κ2) is 5.44. The first-order valence-corrected chi connectivity index (χ1v) is 6.33. The molecule has 0 bridgehead atoms. The predicted octanol–water partition coefficient (Wildman–Crippen LogP) is 0.0438. The lowest BCUT2D eigenvalue weighted by Gasteiger charge is -2.04. The minimum absolute atomic E-state index is 0.0592. The Morgan fingerprint density at radius 2 is 2.25 bits per heavy atom. The third-order valence-electron chi connectivity index (χ3n) is 1.80. The summed E-state index contributed by atoms with van der Waals surface area (Å²) in [6, 6.07) is 5.25. The van der Waals surface area contributed by atoms with Crippen molar-refractivity contribution in [2.75, 3.05) is 17.6 Å². The molecule has 0 radical (unpaired) electrons. The summed E-state index contributed by atoms with van der Waals surface area (Å²) in [4.78, 5) is 3.97. The first-order valence-electron chi connectivity index (χ1n) is 4.62. The Balaban J connectivity index is 2.36. The van der Waals surface area contributed by atoms with Crippen LogP contribution in [0.4, 0.5) is 5.82 Å². The molecule has 0 aliphatic heterocycles. The van der Waals surface area contributed by atoms with Gasteiger partial charge in [-0.25, -0.2) is 18.5 Å². The number of nitrogens with two attached hydrogens (primary N) is 1. The van der Waals surface area contributed by atoms with Crippen molar-refractivity contribution < 1.29 is 8.42 Å². The van der Waals surface area contributed by atoms with Crippen LogP contribution in [0.2, 0.25) is 0 Å². The Kier molecular flexibility index (Phi) is 4.22. The molecule has 0 saturated heterocycles. The van der Waals surface area contributed by atoms with Gasteiger partial charge < -0.3 is 5.32 Å². The van der Waals surface area contributed by atoms with Gasteiger partial charge in [0.2, 0.25) is 10.0 Å². The Morgan fingerprint density at radius 3 is 2.75 bits per heavy atom. The maximum atomic E-state index is 10.6. The van der Waals surface area contributed by atoms with Gasteiger partial charge in [-0.15, -0.1) is 0 Å². The smallest absolute Gasteiger partial charge is 0.209 e. The number of primary sulfonamides is 1. The molecule has 0 aliphatic rings. The Bertz CT molecular complexity index is 475. The monoisotopic (exact) mass is 240 g/mol. The van der Waals surface area contributed by atoms with Crippen molar-refractivity contribution in [1.29, 1.82) is 5.26 Å². The van der Waals surface area contributed by atoms with Gasteiger partial charge in [-0.2, -0.15) is 5.26 Å². The summed E-state index contributed by atoms with van der Waals surface area (Å²) < 4.78 is 21.2. The summed E-state index contributed by atoms with van der Waals surface area (Å²) in [5.74, 6) is 0.546. The third-order valence-corrected chi connectivity index (χ3v) is 2.66. The summed E-state index contributed by atoms with van der Waals surface area (Å²) >= 11 is 0. The van der Waals surface area contributed by atoms with E-state index in [-0.39, 0.29) is 5.75 Å². The predicted molar refractivity (Wildman–Crippen MR) is 60.0 cm³/mol. The van der Waals surface area contributed by atoms with Crippen molar-refractivity contribution in [3.05, 3.63) is 23.9 Å². The second-order valence-electron chi connectivity index (χ2n) is 3.19. The molecule has 1 aromatic heterocycles. The Hall–Kier alpha value is -1.65. The number of nitriles is 1. The van der Waals surface area contributed by atoms with Crippen molar-refractivity contribution in [3.8, 4) is 6.07 Å². The molecule has 16 heavy (non-hydrogen) atoms. The largest absolute Gasteiger partial charge is 0.370 e. The van der Waals surface area contributed by atoms with Crippen LogP contribution >= 0.6 is 0 Å². The summed E-state index contributed by atoms with van der Waals surface area (Å²) in [6.07, 6.45) is 1.86. The number of sulfonamides is 1. The van der Waals surface area contributed by atoms with Gasteiger partial charge in [-0.3, -0.25) is 0 Å². The van der Waals surface area contributed by atoms with Gasteiger partial charge in [0.05, 0.1) is 11.3 Å². The molecule has 0 atom stereocenters.